The Balaban J connectivity index is 0. The van der Waals surface area contributed by atoms with Gasteiger partial charge in [-0.2, -0.15) is 0 Å². The van der Waals surface area contributed by atoms with Crippen LogP contribution < -0.4 is 0 Å². The summed E-state index contributed by atoms with van der Waals surface area (Å²) in [7, 11) is 0. The Bertz CT molecular complexity index is 8.00. The van der Waals surface area contributed by atoms with Crippen LogP contribution in [0.5, 0.6) is 0 Å². The second kappa shape index (κ2) is 17.3. The molecule has 0 aromatic carbocycles. The Kier molecular flexibility index (Phi) is 129. The van der Waals surface area contributed by atoms with Gasteiger partial charge < -0.3 is 0 Å². The molecule has 0 aromatic rings. The number of hydrogen-bond acceptors (Lipinski definition) is 0. The third-order valence-corrected chi connectivity index (χ3v) is 0. The molecule has 0 fully saturated rings. The molecule has 0 aromatic heterocycles. The van der Waals surface area contributed by atoms with Gasteiger partial charge in [-0.25, -0.2) is 0 Å². The van der Waals surface area contributed by atoms with Crippen molar-refractivity contribution in [2.45, 2.75) is 0 Å². The smallest absolute Gasteiger partial charge is 0 e. The van der Waals surface area contributed by atoms with Gasteiger partial charge in [0.25, 0.3) is 0 Å². The molecule has 0 aliphatic carbocycles. The summed E-state index contributed by atoms with van der Waals surface area (Å²) < 4.78 is 0. The van der Waals surface area contributed by atoms with Crippen molar-refractivity contribution in [2.75, 3.05) is 0 Å². The first-order chi connectivity index (χ1) is 0. The molecule has 4 heavy (non-hydrogen) atoms. The summed E-state index contributed by atoms with van der Waals surface area (Å²) in [4.78, 5) is 0. The summed E-state index contributed by atoms with van der Waals surface area (Å²) >= 11 is 0. The summed E-state index contributed by atoms with van der Waals surface area (Å²) in [5.41, 5.74) is 0. The van der Waals surface area contributed by atoms with Crippen LogP contribution in [-0.4, -0.2) is 0 Å². The molecule has 0 rings (SSSR count). The van der Waals surface area contributed by atoms with Crippen molar-refractivity contribution in [3.05, 3.63) is 0 Å². The fraction of sp³-hybridized carbons (Fsp3) is 0. The monoisotopic (exact) mass is 252 g/mol. The van der Waals surface area contributed by atoms with E-state index >= 15 is 0 Å². The molecule has 0 unspecified atom stereocenters. The van der Waals surface area contributed by atoms with Gasteiger partial charge in [0, 0.05) is 83.5 Å². The molecule has 0 aliphatic heterocycles. The average Bonchev–Trinajstić information content (AvgIpc) is 0. The van der Waals surface area contributed by atoms with E-state index < -0.39 is 0 Å². The Labute approximate surface area is 82.2 Å². The minimum absolute atomic E-state index is 0. The summed E-state index contributed by atoms with van der Waals surface area (Å²) in [5, 5.41) is 0. The Morgan fingerprint density at radius 2 is 1.00 bits per heavy atom. The first kappa shape index (κ1) is 29.9. The standard InChI is InChI=1S/Cu.Ti.V.Zr. The minimum atomic E-state index is 0. The van der Waals surface area contributed by atoms with E-state index in [0.717, 1.165) is 0 Å². The van der Waals surface area contributed by atoms with Crippen molar-refractivity contribution in [3.63, 3.8) is 0 Å². The van der Waals surface area contributed by atoms with Gasteiger partial charge in [0.1, 0.15) is 0 Å². The first-order valence-corrected chi connectivity index (χ1v) is 0. The predicted octanol–water partition coefficient (Wildman–Crippen LogP) is -0.0100. The Morgan fingerprint density at radius 1 is 1.00 bits per heavy atom. The zero-order valence-corrected chi connectivity index (χ0v) is 8.11. The van der Waals surface area contributed by atoms with Crippen molar-refractivity contribution >= 4 is 0 Å². The van der Waals surface area contributed by atoms with Gasteiger partial charge in [-0.3, -0.25) is 0 Å². The molecular formula is CuTiVZr. The Hall–Kier alpha value is 2.70. The van der Waals surface area contributed by atoms with Gasteiger partial charge in [-0.1, -0.05) is 0 Å². The van der Waals surface area contributed by atoms with Crippen LogP contribution in [0.4, 0.5) is 0 Å². The molecule has 0 heterocycles. The van der Waals surface area contributed by atoms with Crippen molar-refractivity contribution in [1.29, 1.82) is 0 Å². The fourth-order valence-electron chi connectivity index (χ4n) is 0. The van der Waals surface area contributed by atoms with Crippen LogP contribution in [0.1, 0.15) is 0 Å². The predicted molar refractivity (Wildman–Crippen MR) is 0 cm³/mol. The first-order valence-electron chi connectivity index (χ1n) is 0. The normalized spacial score (nSPS) is 0. The van der Waals surface area contributed by atoms with Crippen LogP contribution in [0.3, 0.4) is 0 Å². The van der Waals surface area contributed by atoms with Gasteiger partial charge in [-0.15, -0.1) is 0 Å². The maximum atomic E-state index is 0. The molecule has 0 spiro atoms. The van der Waals surface area contributed by atoms with E-state index in [1.54, 1.807) is 0 Å². The molecule has 0 saturated carbocycles. The third-order valence-electron chi connectivity index (χ3n) is 0. The van der Waals surface area contributed by atoms with Crippen LogP contribution in [0, 0.1) is 0 Å². The van der Waals surface area contributed by atoms with Crippen LogP contribution in [0.25, 0.3) is 0 Å². The maximum absolute atomic E-state index is 0. The van der Waals surface area contributed by atoms with Gasteiger partial charge in [0.15, 0.2) is 0 Å². The van der Waals surface area contributed by atoms with E-state index in [1.807, 2.05) is 0 Å². The van der Waals surface area contributed by atoms with E-state index in [0.29, 0.717) is 0 Å². The van der Waals surface area contributed by atoms with Gasteiger partial charge in [0.2, 0.25) is 0 Å². The molecule has 0 bridgehead atoms. The average molecular weight is 254 g/mol. The van der Waals surface area contributed by atoms with Crippen molar-refractivity contribution in [2.24, 2.45) is 0 Å². The summed E-state index contributed by atoms with van der Waals surface area (Å²) in [6.07, 6.45) is 0. The summed E-state index contributed by atoms with van der Waals surface area (Å²) in [5.74, 6) is 0. The van der Waals surface area contributed by atoms with Crippen LogP contribution >= 0.6 is 0 Å². The van der Waals surface area contributed by atoms with E-state index in [9.17, 15) is 0 Å². The quantitative estimate of drug-likeness (QED) is 0.533. The molecule has 0 nitrogen and oxygen atoms in total. The van der Waals surface area contributed by atoms with E-state index in [2.05, 4.69) is 0 Å². The molecule has 4 heteroatoms. The van der Waals surface area contributed by atoms with E-state index in [1.165, 1.54) is 0 Å². The van der Waals surface area contributed by atoms with Gasteiger partial charge in [0.05, 0.1) is 0 Å². The number of rotatable bonds is 0. The SMILES string of the molecule is [Cu].[Ti].[V].[Zr]. The molecule has 0 saturated heterocycles. The third kappa shape index (κ3) is 8.83. The van der Waals surface area contributed by atoms with Crippen molar-refractivity contribution < 1.29 is 83.5 Å². The van der Waals surface area contributed by atoms with Gasteiger partial charge in [-0.05, 0) is 0 Å². The van der Waals surface area contributed by atoms with E-state index in [-0.39, 0.29) is 83.5 Å². The second-order valence-corrected chi connectivity index (χ2v) is 0. The van der Waals surface area contributed by atoms with E-state index in [4.69, 9.17) is 0 Å². The molecule has 0 amide bonds. The van der Waals surface area contributed by atoms with Gasteiger partial charge >= 0.3 is 0 Å². The zero-order chi connectivity index (χ0) is 0. The molecule has 0 N–H and O–H groups in total. The second-order valence-electron chi connectivity index (χ2n) is 0. The minimum Gasteiger partial charge on any atom is 0 e. The largest absolute Gasteiger partial charge is 0 e. The molecule has 0 atom stereocenters. The van der Waals surface area contributed by atoms with Crippen LogP contribution in [-0.2, 0) is 83.5 Å². The molecule has 2 radical (unpaired) electrons. The summed E-state index contributed by atoms with van der Waals surface area (Å²) in [6.45, 7) is 0. The van der Waals surface area contributed by atoms with Crippen LogP contribution in [0.2, 0.25) is 0 Å². The maximum Gasteiger partial charge on any atom is 0 e. The van der Waals surface area contributed by atoms with Crippen molar-refractivity contribution in [3.8, 4) is 0 Å². The molecular weight excluding hydrogens is 254 g/mol. The summed E-state index contributed by atoms with van der Waals surface area (Å²) in [6, 6.07) is 0. The molecule has 24 valence electrons. The van der Waals surface area contributed by atoms with Crippen molar-refractivity contribution in [1.82, 2.24) is 0 Å². The molecule has 0 aliphatic rings. The van der Waals surface area contributed by atoms with Crippen LogP contribution in [0.15, 0.2) is 0 Å². The number of hydrogen-bond donors (Lipinski definition) is 0. The zero-order valence-electron chi connectivity index (χ0n) is 1.75. The fourth-order valence-corrected chi connectivity index (χ4v) is 0. The Morgan fingerprint density at radius 3 is 1.00 bits per heavy atom. The topological polar surface area (TPSA) is 0 Å².